The minimum absolute atomic E-state index is 0.522. The molecular weight excluding hydrogens is 332 g/mol. The molecule has 1 fully saturated rings. The van der Waals surface area contributed by atoms with E-state index in [1.807, 2.05) is 11.3 Å². The Kier molecular flexibility index (Phi) is 5.87. The fourth-order valence-electron chi connectivity index (χ4n) is 3.96. The van der Waals surface area contributed by atoms with Gasteiger partial charge in [-0.3, -0.25) is 4.90 Å². The Morgan fingerprint density at radius 3 is 2.96 bits per heavy atom. The van der Waals surface area contributed by atoms with Crippen molar-refractivity contribution < 1.29 is 9.47 Å². The molecule has 0 N–H and O–H groups in total. The monoisotopic (exact) mass is 360 g/mol. The van der Waals surface area contributed by atoms with Gasteiger partial charge in [-0.15, -0.1) is 11.3 Å². The van der Waals surface area contributed by atoms with E-state index in [0.717, 1.165) is 65.3 Å². The molecule has 0 spiro atoms. The molecule has 4 nitrogen and oxygen atoms in total. The second-order valence-electron chi connectivity index (χ2n) is 7.23. The largest absolute Gasteiger partial charge is 0.381 e. The number of nitrogens with zero attached hydrogens (tertiary/aromatic N) is 2. The molecule has 0 saturated carbocycles. The predicted molar refractivity (Wildman–Crippen MR) is 101 cm³/mol. The van der Waals surface area contributed by atoms with Gasteiger partial charge in [0.25, 0.3) is 0 Å². The second-order valence-corrected chi connectivity index (χ2v) is 8.26. The summed E-state index contributed by atoms with van der Waals surface area (Å²) in [4.78, 5) is 4.03. The maximum atomic E-state index is 6.02. The lowest BCUT2D eigenvalue weighted by molar-refractivity contribution is 0.0160. The van der Waals surface area contributed by atoms with Gasteiger partial charge in [0.2, 0.25) is 0 Å². The van der Waals surface area contributed by atoms with Gasteiger partial charge in [-0.05, 0) is 48.8 Å². The Hall–Kier alpha value is -1.14. The number of aromatic nitrogens is 1. The number of rotatable bonds is 7. The molecule has 2 aromatic rings. The third-order valence-electron chi connectivity index (χ3n) is 5.36. The van der Waals surface area contributed by atoms with E-state index in [-0.39, 0.29) is 0 Å². The molecular formula is C20H28N2O2S. The van der Waals surface area contributed by atoms with Crippen LogP contribution >= 0.6 is 11.3 Å². The minimum Gasteiger partial charge on any atom is -0.381 e. The van der Waals surface area contributed by atoms with E-state index in [0.29, 0.717) is 12.0 Å². The molecule has 0 radical (unpaired) electrons. The highest BCUT2D eigenvalue weighted by molar-refractivity contribution is 7.09. The van der Waals surface area contributed by atoms with Crippen LogP contribution in [0.2, 0.25) is 0 Å². The number of hydrogen-bond donors (Lipinski definition) is 0. The molecule has 2 aliphatic heterocycles. The minimum atomic E-state index is 0.522. The number of ether oxygens (including phenoxy) is 2. The van der Waals surface area contributed by atoms with Crippen LogP contribution in [0, 0.1) is 5.92 Å². The van der Waals surface area contributed by atoms with Crippen molar-refractivity contribution in [3.63, 3.8) is 0 Å². The van der Waals surface area contributed by atoms with Crippen LogP contribution in [0.15, 0.2) is 35.8 Å². The normalized spacial score (nSPS) is 22.2. The Bertz CT molecular complexity index is 634. The second kappa shape index (κ2) is 8.49. The van der Waals surface area contributed by atoms with Gasteiger partial charge in [-0.2, -0.15) is 0 Å². The number of fused-ring (bicyclic) bond motifs is 1. The summed E-state index contributed by atoms with van der Waals surface area (Å²) in [7, 11) is 0. The lowest BCUT2D eigenvalue weighted by Crippen LogP contribution is -2.36. The quantitative estimate of drug-likeness (QED) is 0.700. The Morgan fingerprint density at radius 1 is 1.20 bits per heavy atom. The molecule has 0 aliphatic carbocycles. The van der Waals surface area contributed by atoms with Crippen molar-refractivity contribution in [3.05, 3.63) is 46.4 Å². The first-order chi connectivity index (χ1) is 12.4. The van der Waals surface area contributed by atoms with Crippen LogP contribution in [-0.4, -0.2) is 42.4 Å². The molecule has 2 aliphatic rings. The maximum absolute atomic E-state index is 6.02. The van der Waals surface area contributed by atoms with E-state index in [2.05, 4.69) is 45.3 Å². The molecule has 1 atom stereocenters. The summed E-state index contributed by atoms with van der Waals surface area (Å²) in [6, 6.07) is 9.35. The zero-order chi connectivity index (χ0) is 16.9. The van der Waals surface area contributed by atoms with Crippen LogP contribution < -0.4 is 0 Å². The highest BCUT2D eigenvalue weighted by Crippen LogP contribution is 2.26. The van der Waals surface area contributed by atoms with E-state index < -0.39 is 0 Å². The molecule has 1 unspecified atom stereocenters. The fraction of sp³-hybridized carbons (Fsp3) is 0.600. The van der Waals surface area contributed by atoms with Gasteiger partial charge < -0.3 is 14.0 Å². The van der Waals surface area contributed by atoms with Crippen LogP contribution in [0.3, 0.4) is 0 Å². The van der Waals surface area contributed by atoms with Gasteiger partial charge in [0, 0.05) is 68.9 Å². The van der Waals surface area contributed by atoms with Crippen molar-refractivity contribution >= 4 is 11.3 Å². The highest BCUT2D eigenvalue weighted by atomic mass is 32.1. The summed E-state index contributed by atoms with van der Waals surface area (Å²) in [5.74, 6) is 0.692. The Labute approximate surface area is 154 Å². The first kappa shape index (κ1) is 17.3. The molecule has 0 amide bonds. The molecule has 4 rings (SSSR count). The topological polar surface area (TPSA) is 26.6 Å². The zero-order valence-electron chi connectivity index (χ0n) is 14.8. The summed E-state index contributed by atoms with van der Waals surface area (Å²) in [5.41, 5.74) is 1.43. The Morgan fingerprint density at radius 2 is 2.12 bits per heavy atom. The van der Waals surface area contributed by atoms with Crippen molar-refractivity contribution in [1.29, 1.82) is 0 Å². The standard InChI is InChI=1S/C20H28N2O2S/c1-3-18-13-21(15-20-4-2-12-25-20)14-19(22(18)8-1)7-11-24-16-17-5-9-23-10-6-17/h1-4,8,12,17,19H,5-7,9-11,13-16H2. The summed E-state index contributed by atoms with van der Waals surface area (Å²) in [6.07, 6.45) is 5.63. The van der Waals surface area contributed by atoms with Crippen molar-refractivity contribution in [2.45, 2.75) is 38.4 Å². The highest BCUT2D eigenvalue weighted by Gasteiger charge is 2.24. The molecule has 0 bridgehead atoms. The van der Waals surface area contributed by atoms with Crippen molar-refractivity contribution in [1.82, 2.24) is 9.47 Å². The molecule has 4 heterocycles. The van der Waals surface area contributed by atoms with Gasteiger partial charge >= 0.3 is 0 Å². The first-order valence-corrected chi connectivity index (χ1v) is 10.3. The summed E-state index contributed by atoms with van der Waals surface area (Å²) in [6.45, 7) is 6.77. The van der Waals surface area contributed by atoms with Gasteiger partial charge in [0.1, 0.15) is 0 Å². The van der Waals surface area contributed by atoms with Gasteiger partial charge in [-0.1, -0.05) is 6.07 Å². The summed E-state index contributed by atoms with van der Waals surface area (Å²) >= 11 is 1.86. The zero-order valence-corrected chi connectivity index (χ0v) is 15.6. The van der Waals surface area contributed by atoms with Crippen molar-refractivity contribution in [2.24, 2.45) is 5.92 Å². The fourth-order valence-corrected chi connectivity index (χ4v) is 4.70. The van der Waals surface area contributed by atoms with Gasteiger partial charge in [0.05, 0.1) is 0 Å². The molecule has 2 aromatic heterocycles. The molecule has 136 valence electrons. The molecule has 25 heavy (non-hydrogen) atoms. The average Bonchev–Trinajstić information content (AvgIpc) is 3.31. The van der Waals surface area contributed by atoms with Crippen LogP contribution in [0.1, 0.15) is 35.9 Å². The van der Waals surface area contributed by atoms with Gasteiger partial charge in [0.15, 0.2) is 0 Å². The Balaban J connectivity index is 1.29. The smallest absolute Gasteiger partial charge is 0.0495 e. The third kappa shape index (κ3) is 4.53. The molecule has 0 aromatic carbocycles. The van der Waals surface area contributed by atoms with E-state index in [1.165, 1.54) is 10.6 Å². The third-order valence-corrected chi connectivity index (χ3v) is 6.23. The maximum Gasteiger partial charge on any atom is 0.0495 e. The van der Waals surface area contributed by atoms with E-state index in [4.69, 9.17) is 9.47 Å². The number of hydrogen-bond acceptors (Lipinski definition) is 4. The van der Waals surface area contributed by atoms with E-state index in [1.54, 1.807) is 0 Å². The number of thiophene rings is 1. The van der Waals surface area contributed by atoms with Crippen molar-refractivity contribution in [2.75, 3.05) is 33.0 Å². The van der Waals surface area contributed by atoms with Crippen LogP contribution in [0.4, 0.5) is 0 Å². The van der Waals surface area contributed by atoms with Gasteiger partial charge in [-0.25, -0.2) is 0 Å². The lowest BCUT2D eigenvalue weighted by atomic mass is 10.0. The van der Waals surface area contributed by atoms with Crippen LogP contribution in [-0.2, 0) is 22.6 Å². The molecule has 1 saturated heterocycles. The van der Waals surface area contributed by atoms with E-state index >= 15 is 0 Å². The summed E-state index contributed by atoms with van der Waals surface area (Å²) < 4.78 is 13.9. The van der Waals surface area contributed by atoms with Crippen molar-refractivity contribution in [3.8, 4) is 0 Å². The van der Waals surface area contributed by atoms with E-state index in [9.17, 15) is 0 Å². The summed E-state index contributed by atoms with van der Waals surface area (Å²) in [5, 5.41) is 2.17. The first-order valence-electron chi connectivity index (χ1n) is 9.44. The predicted octanol–water partition coefficient (Wildman–Crippen LogP) is 3.94. The SMILES string of the molecule is c1csc(CN2Cc3cccn3C(CCOCC3CCOCC3)C2)c1. The average molecular weight is 361 g/mol. The molecule has 5 heteroatoms. The van der Waals surface area contributed by atoms with Crippen LogP contribution in [0.25, 0.3) is 0 Å². The lowest BCUT2D eigenvalue weighted by Gasteiger charge is -2.35. The van der Waals surface area contributed by atoms with Crippen LogP contribution in [0.5, 0.6) is 0 Å².